The molecule has 0 radical (unpaired) electrons. The van der Waals surface area contributed by atoms with Crippen molar-refractivity contribution in [2.24, 2.45) is 0 Å². The van der Waals surface area contributed by atoms with Gasteiger partial charge in [0.05, 0.1) is 18.3 Å². The van der Waals surface area contributed by atoms with Crippen LogP contribution in [0.1, 0.15) is 18.1 Å². The monoisotopic (exact) mass is 276 g/mol. The molecule has 4 nitrogen and oxygen atoms in total. The van der Waals surface area contributed by atoms with Crippen molar-refractivity contribution < 1.29 is 9.47 Å². The molecular weight excluding hydrogens is 252 g/mol. The van der Waals surface area contributed by atoms with Gasteiger partial charge in [-0.3, -0.25) is 0 Å². The third kappa shape index (κ3) is 2.63. The Hall–Kier alpha value is -1.26. The highest BCUT2D eigenvalue weighted by molar-refractivity contribution is 5.64. The summed E-state index contributed by atoms with van der Waals surface area (Å²) in [7, 11) is 1.76. The number of nitrogens with zero attached hydrogens (tertiary/aromatic N) is 1. The molecule has 1 aromatic carbocycles. The SMILES string of the molecule is COCCN1c2cc3c(cc2OCC1C)CCNCC3. The van der Waals surface area contributed by atoms with Gasteiger partial charge in [0.1, 0.15) is 12.4 Å². The smallest absolute Gasteiger partial charge is 0.143 e. The van der Waals surface area contributed by atoms with E-state index in [1.165, 1.54) is 16.8 Å². The Morgan fingerprint density at radius 1 is 1.30 bits per heavy atom. The van der Waals surface area contributed by atoms with Gasteiger partial charge in [-0.25, -0.2) is 0 Å². The summed E-state index contributed by atoms with van der Waals surface area (Å²) in [5, 5.41) is 3.46. The molecule has 0 spiro atoms. The maximum Gasteiger partial charge on any atom is 0.143 e. The fraction of sp³-hybridized carbons (Fsp3) is 0.625. The highest BCUT2D eigenvalue weighted by Crippen LogP contribution is 2.37. The zero-order chi connectivity index (χ0) is 13.9. The van der Waals surface area contributed by atoms with Crippen LogP contribution in [0.2, 0.25) is 0 Å². The van der Waals surface area contributed by atoms with Gasteiger partial charge in [0, 0.05) is 13.7 Å². The second kappa shape index (κ2) is 6.02. The maximum absolute atomic E-state index is 5.95. The minimum absolute atomic E-state index is 0.402. The molecule has 1 aromatic rings. The van der Waals surface area contributed by atoms with Gasteiger partial charge >= 0.3 is 0 Å². The molecule has 0 amide bonds. The summed E-state index contributed by atoms with van der Waals surface area (Å²) in [6.07, 6.45) is 2.20. The highest BCUT2D eigenvalue weighted by atomic mass is 16.5. The molecule has 2 aliphatic rings. The van der Waals surface area contributed by atoms with Crippen molar-refractivity contribution in [2.75, 3.05) is 44.9 Å². The van der Waals surface area contributed by atoms with Crippen LogP contribution in [-0.2, 0) is 17.6 Å². The molecule has 0 aromatic heterocycles. The Balaban J connectivity index is 1.94. The van der Waals surface area contributed by atoms with Crippen LogP contribution in [0, 0.1) is 0 Å². The van der Waals surface area contributed by atoms with Crippen molar-refractivity contribution >= 4 is 5.69 Å². The van der Waals surface area contributed by atoms with Gasteiger partial charge in [-0.1, -0.05) is 0 Å². The standard InChI is InChI=1S/C16H24N2O2/c1-12-11-20-16-10-14-4-6-17-5-3-13(14)9-15(16)18(12)7-8-19-2/h9-10,12,17H,3-8,11H2,1-2H3. The lowest BCUT2D eigenvalue weighted by Gasteiger charge is -2.37. The first kappa shape index (κ1) is 13.7. The predicted molar refractivity (Wildman–Crippen MR) is 80.9 cm³/mol. The first-order valence-electron chi connectivity index (χ1n) is 7.54. The van der Waals surface area contributed by atoms with E-state index in [2.05, 4.69) is 29.3 Å². The number of rotatable bonds is 3. The second-order valence-electron chi connectivity index (χ2n) is 5.68. The number of nitrogens with one attached hydrogen (secondary N) is 1. The Morgan fingerprint density at radius 3 is 2.80 bits per heavy atom. The van der Waals surface area contributed by atoms with Crippen molar-refractivity contribution in [1.82, 2.24) is 5.32 Å². The van der Waals surface area contributed by atoms with Crippen LogP contribution in [0.4, 0.5) is 5.69 Å². The van der Waals surface area contributed by atoms with Crippen molar-refractivity contribution in [1.29, 1.82) is 0 Å². The Labute approximate surface area is 121 Å². The quantitative estimate of drug-likeness (QED) is 0.909. The van der Waals surface area contributed by atoms with Crippen molar-refractivity contribution in [2.45, 2.75) is 25.8 Å². The van der Waals surface area contributed by atoms with E-state index in [1.54, 1.807) is 7.11 Å². The van der Waals surface area contributed by atoms with E-state index < -0.39 is 0 Å². The van der Waals surface area contributed by atoms with Gasteiger partial charge in [-0.05, 0) is 56.1 Å². The average Bonchev–Trinajstić information content (AvgIpc) is 2.69. The molecule has 0 aliphatic carbocycles. The third-order valence-corrected chi connectivity index (χ3v) is 4.28. The normalized spacial score (nSPS) is 21.7. The number of hydrogen-bond acceptors (Lipinski definition) is 4. The topological polar surface area (TPSA) is 33.7 Å². The molecule has 1 unspecified atom stereocenters. The van der Waals surface area contributed by atoms with Gasteiger partial charge in [-0.2, -0.15) is 0 Å². The van der Waals surface area contributed by atoms with Gasteiger partial charge in [0.15, 0.2) is 0 Å². The van der Waals surface area contributed by atoms with Gasteiger partial charge in [0.25, 0.3) is 0 Å². The zero-order valence-corrected chi connectivity index (χ0v) is 12.4. The Kier molecular flexibility index (Phi) is 4.13. The van der Waals surface area contributed by atoms with Crippen LogP contribution in [-0.4, -0.2) is 46.0 Å². The van der Waals surface area contributed by atoms with Crippen LogP contribution in [0.3, 0.4) is 0 Å². The average molecular weight is 276 g/mol. The lowest BCUT2D eigenvalue weighted by molar-refractivity contribution is 0.195. The van der Waals surface area contributed by atoms with Crippen LogP contribution < -0.4 is 15.0 Å². The number of methoxy groups -OCH3 is 1. The molecule has 0 fully saturated rings. The predicted octanol–water partition coefficient (Wildman–Crippen LogP) is 1.61. The molecule has 110 valence electrons. The zero-order valence-electron chi connectivity index (χ0n) is 12.4. The molecule has 2 aliphatic heterocycles. The molecule has 2 heterocycles. The number of fused-ring (bicyclic) bond motifs is 2. The minimum atomic E-state index is 0.402. The van der Waals surface area contributed by atoms with E-state index in [0.29, 0.717) is 6.04 Å². The van der Waals surface area contributed by atoms with E-state index in [0.717, 1.165) is 51.4 Å². The maximum atomic E-state index is 5.95. The van der Waals surface area contributed by atoms with Crippen LogP contribution in [0.25, 0.3) is 0 Å². The summed E-state index contributed by atoms with van der Waals surface area (Å²) in [6, 6.07) is 4.99. The molecule has 4 heteroatoms. The summed E-state index contributed by atoms with van der Waals surface area (Å²) in [4.78, 5) is 2.42. The fourth-order valence-electron chi connectivity index (χ4n) is 3.10. The second-order valence-corrected chi connectivity index (χ2v) is 5.68. The van der Waals surface area contributed by atoms with Crippen molar-refractivity contribution in [3.63, 3.8) is 0 Å². The molecule has 20 heavy (non-hydrogen) atoms. The summed E-state index contributed by atoms with van der Waals surface area (Å²) >= 11 is 0. The van der Waals surface area contributed by atoms with E-state index >= 15 is 0 Å². The van der Waals surface area contributed by atoms with E-state index in [4.69, 9.17) is 9.47 Å². The van der Waals surface area contributed by atoms with E-state index in [9.17, 15) is 0 Å². The van der Waals surface area contributed by atoms with Crippen LogP contribution in [0.5, 0.6) is 5.75 Å². The van der Waals surface area contributed by atoms with Gasteiger partial charge in [0.2, 0.25) is 0 Å². The molecule has 0 saturated carbocycles. The van der Waals surface area contributed by atoms with Crippen molar-refractivity contribution in [3.8, 4) is 5.75 Å². The summed E-state index contributed by atoms with van der Waals surface area (Å²) in [6.45, 7) is 6.78. The van der Waals surface area contributed by atoms with E-state index in [1.807, 2.05) is 0 Å². The van der Waals surface area contributed by atoms with Crippen molar-refractivity contribution in [3.05, 3.63) is 23.3 Å². The lowest BCUT2D eigenvalue weighted by atomic mass is 9.99. The summed E-state index contributed by atoms with van der Waals surface area (Å²) < 4.78 is 11.2. The summed E-state index contributed by atoms with van der Waals surface area (Å²) in [5.74, 6) is 1.04. The van der Waals surface area contributed by atoms with Crippen LogP contribution >= 0.6 is 0 Å². The molecule has 0 saturated heterocycles. The first-order valence-corrected chi connectivity index (χ1v) is 7.54. The first-order chi connectivity index (χ1) is 9.79. The molecule has 0 bridgehead atoms. The van der Waals surface area contributed by atoms with Gasteiger partial charge in [-0.15, -0.1) is 0 Å². The lowest BCUT2D eigenvalue weighted by Crippen LogP contribution is -2.43. The molecule has 3 rings (SSSR count). The fourth-order valence-corrected chi connectivity index (χ4v) is 3.10. The minimum Gasteiger partial charge on any atom is -0.489 e. The number of benzene rings is 1. The molecular formula is C16H24N2O2. The summed E-state index contributed by atoms with van der Waals surface area (Å²) in [5.41, 5.74) is 4.14. The van der Waals surface area contributed by atoms with E-state index in [-0.39, 0.29) is 0 Å². The Bertz CT molecular complexity index is 476. The third-order valence-electron chi connectivity index (χ3n) is 4.28. The number of ether oxygens (including phenoxy) is 2. The van der Waals surface area contributed by atoms with Gasteiger partial charge < -0.3 is 19.7 Å². The van der Waals surface area contributed by atoms with Crippen LogP contribution in [0.15, 0.2) is 12.1 Å². The number of anilines is 1. The highest BCUT2D eigenvalue weighted by Gasteiger charge is 2.25. The number of hydrogen-bond donors (Lipinski definition) is 1. The molecule has 1 N–H and O–H groups in total. The largest absolute Gasteiger partial charge is 0.489 e. The molecule has 1 atom stereocenters. The Morgan fingerprint density at radius 2 is 2.05 bits per heavy atom.